The quantitative estimate of drug-likeness (QED) is 0.742. The summed E-state index contributed by atoms with van der Waals surface area (Å²) in [5.74, 6) is -0.0481. The minimum Gasteiger partial charge on any atom is -0.376 e. The van der Waals surface area contributed by atoms with Crippen molar-refractivity contribution in [3.8, 4) is 0 Å². The van der Waals surface area contributed by atoms with Gasteiger partial charge in [0, 0.05) is 17.8 Å². The Morgan fingerprint density at radius 2 is 1.83 bits per heavy atom. The predicted molar refractivity (Wildman–Crippen MR) is 75.7 cm³/mol. The number of hydrogen-bond donors (Lipinski definition) is 3. The molecule has 1 amide bonds. The van der Waals surface area contributed by atoms with E-state index in [9.17, 15) is 4.79 Å². The highest BCUT2D eigenvalue weighted by atomic mass is 16.2. The highest BCUT2D eigenvalue weighted by Gasteiger charge is 2.17. The van der Waals surface area contributed by atoms with E-state index < -0.39 is 0 Å². The summed E-state index contributed by atoms with van der Waals surface area (Å²) < 4.78 is 0. The topological polar surface area (TPSA) is 67.2 Å². The molecule has 18 heavy (non-hydrogen) atoms. The first-order valence-electron chi connectivity index (χ1n) is 6.17. The lowest BCUT2D eigenvalue weighted by Crippen LogP contribution is -2.50. The Labute approximate surface area is 109 Å². The van der Waals surface area contributed by atoms with E-state index in [1.807, 2.05) is 45.9 Å². The van der Waals surface area contributed by atoms with E-state index in [-0.39, 0.29) is 18.0 Å². The lowest BCUT2D eigenvalue weighted by Gasteiger charge is -2.24. The van der Waals surface area contributed by atoms with Gasteiger partial charge < -0.3 is 16.4 Å². The van der Waals surface area contributed by atoms with Gasteiger partial charge in [-0.3, -0.25) is 4.79 Å². The summed E-state index contributed by atoms with van der Waals surface area (Å²) in [5, 5.41) is 6.06. The normalized spacial score (nSPS) is 11.2. The minimum atomic E-state index is -0.362. The maximum absolute atomic E-state index is 11.8. The summed E-state index contributed by atoms with van der Waals surface area (Å²) in [6.07, 6.45) is 0. The molecule has 0 aliphatic heterocycles. The van der Waals surface area contributed by atoms with Gasteiger partial charge in [-0.25, -0.2) is 0 Å². The average molecular weight is 249 g/mol. The van der Waals surface area contributed by atoms with Crippen LogP contribution in [0.1, 0.15) is 25.0 Å². The molecule has 1 aromatic rings. The molecule has 0 aliphatic carbocycles. The largest absolute Gasteiger partial charge is 0.376 e. The Balaban J connectivity index is 2.58. The molecule has 0 fully saturated rings. The minimum absolute atomic E-state index is 0.0481. The molecule has 0 atom stereocenters. The number of rotatable bonds is 5. The van der Waals surface area contributed by atoms with Crippen LogP contribution in [0.5, 0.6) is 0 Å². The maximum atomic E-state index is 11.8. The van der Waals surface area contributed by atoms with Crippen LogP contribution in [0.4, 0.5) is 5.69 Å². The van der Waals surface area contributed by atoms with Gasteiger partial charge in [0.2, 0.25) is 5.91 Å². The summed E-state index contributed by atoms with van der Waals surface area (Å²) in [4.78, 5) is 11.8. The van der Waals surface area contributed by atoms with Gasteiger partial charge in [-0.2, -0.15) is 0 Å². The SMILES string of the molecule is Cc1cccc(C)c1NCC(=O)NC(C)(C)CN. The number of amides is 1. The Hall–Kier alpha value is -1.55. The molecule has 0 heterocycles. The molecule has 0 saturated carbocycles. The van der Waals surface area contributed by atoms with Crippen LogP contribution in [-0.4, -0.2) is 24.5 Å². The number of hydrogen-bond acceptors (Lipinski definition) is 3. The second-order valence-electron chi connectivity index (χ2n) is 5.26. The van der Waals surface area contributed by atoms with Crippen LogP contribution in [0, 0.1) is 13.8 Å². The summed E-state index contributed by atoms with van der Waals surface area (Å²) in [7, 11) is 0. The van der Waals surface area contributed by atoms with Crippen molar-refractivity contribution in [2.24, 2.45) is 5.73 Å². The van der Waals surface area contributed by atoms with Gasteiger partial charge >= 0.3 is 0 Å². The van der Waals surface area contributed by atoms with Crippen molar-refractivity contribution in [2.75, 3.05) is 18.4 Å². The van der Waals surface area contributed by atoms with Crippen molar-refractivity contribution >= 4 is 11.6 Å². The number of anilines is 1. The molecule has 0 spiro atoms. The molecule has 0 unspecified atom stereocenters. The lowest BCUT2D eigenvalue weighted by molar-refractivity contribution is -0.120. The highest BCUT2D eigenvalue weighted by Crippen LogP contribution is 2.18. The summed E-state index contributed by atoms with van der Waals surface area (Å²) in [6.45, 7) is 8.54. The molecule has 4 nitrogen and oxygen atoms in total. The monoisotopic (exact) mass is 249 g/mol. The zero-order valence-electron chi connectivity index (χ0n) is 11.6. The van der Waals surface area contributed by atoms with Crippen LogP contribution >= 0.6 is 0 Å². The number of nitrogens with two attached hydrogens (primary N) is 1. The Bertz CT molecular complexity index is 407. The summed E-state index contributed by atoms with van der Waals surface area (Å²) in [6, 6.07) is 6.06. The van der Waals surface area contributed by atoms with Gasteiger partial charge in [0.25, 0.3) is 0 Å². The molecule has 1 aromatic carbocycles. The number of benzene rings is 1. The van der Waals surface area contributed by atoms with Crippen molar-refractivity contribution in [1.82, 2.24) is 5.32 Å². The number of nitrogens with one attached hydrogen (secondary N) is 2. The van der Waals surface area contributed by atoms with Gasteiger partial charge in [-0.05, 0) is 38.8 Å². The molecule has 1 rings (SSSR count). The first-order valence-corrected chi connectivity index (χ1v) is 6.17. The Morgan fingerprint density at radius 1 is 1.28 bits per heavy atom. The zero-order chi connectivity index (χ0) is 13.8. The van der Waals surface area contributed by atoms with E-state index in [2.05, 4.69) is 10.6 Å². The van der Waals surface area contributed by atoms with Gasteiger partial charge in [-0.1, -0.05) is 18.2 Å². The number of para-hydroxylation sites is 1. The fourth-order valence-corrected chi connectivity index (χ4v) is 1.73. The highest BCUT2D eigenvalue weighted by molar-refractivity contribution is 5.82. The zero-order valence-corrected chi connectivity index (χ0v) is 11.6. The van der Waals surface area contributed by atoms with E-state index in [4.69, 9.17) is 5.73 Å². The second kappa shape index (κ2) is 5.87. The van der Waals surface area contributed by atoms with Crippen molar-refractivity contribution < 1.29 is 4.79 Å². The van der Waals surface area contributed by atoms with Crippen molar-refractivity contribution in [2.45, 2.75) is 33.2 Å². The predicted octanol–water partition coefficient (Wildman–Crippen LogP) is 1.57. The molecule has 4 heteroatoms. The van der Waals surface area contributed by atoms with E-state index in [1.165, 1.54) is 0 Å². The maximum Gasteiger partial charge on any atom is 0.239 e. The van der Waals surface area contributed by atoms with Gasteiger partial charge in [-0.15, -0.1) is 0 Å². The second-order valence-corrected chi connectivity index (χ2v) is 5.26. The third kappa shape index (κ3) is 4.04. The van der Waals surface area contributed by atoms with E-state index in [0.29, 0.717) is 6.54 Å². The molecule has 4 N–H and O–H groups in total. The molecule has 0 bridgehead atoms. The van der Waals surface area contributed by atoms with E-state index >= 15 is 0 Å². The number of aryl methyl sites for hydroxylation is 2. The van der Waals surface area contributed by atoms with E-state index in [0.717, 1.165) is 16.8 Å². The van der Waals surface area contributed by atoms with Crippen molar-refractivity contribution in [1.29, 1.82) is 0 Å². The van der Waals surface area contributed by atoms with Gasteiger partial charge in [0.05, 0.1) is 6.54 Å². The van der Waals surface area contributed by atoms with Crippen LogP contribution < -0.4 is 16.4 Å². The van der Waals surface area contributed by atoms with Crippen LogP contribution in [0.2, 0.25) is 0 Å². The van der Waals surface area contributed by atoms with Crippen LogP contribution in [-0.2, 0) is 4.79 Å². The van der Waals surface area contributed by atoms with Gasteiger partial charge in [0.1, 0.15) is 0 Å². The first kappa shape index (κ1) is 14.5. The Kier molecular flexibility index (Phi) is 4.73. The standard InChI is InChI=1S/C14H23N3O/c1-10-6-5-7-11(2)13(10)16-8-12(18)17-14(3,4)9-15/h5-7,16H,8-9,15H2,1-4H3,(H,17,18). The van der Waals surface area contributed by atoms with Crippen molar-refractivity contribution in [3.63, 3.8) is 0 Å². The van der Waals surface area contributed by atoms with Gasteiger partial charge in [0.15, 0.2) is 0 Å². The fraction of sp³-hybridized carbons (Fsp3) is 0.500. The summed E-state index contributed by atoms with van der Waals surface area (Å²) >= 11 is 0. The lowest BCUT2D eigenvalue weighted by atomic mass is 10.1. The molecule has 0 aromatic heterocycles. The molecule has 100 valence electrons. The summed E-state index contributed by atoms with van der Waals surface area (Å²) in [5.41, 5.74) is 8.52. The average Bonchev–Trinajstić information content (AvgIpc) is 2.28. The fourth-order valence-electron chi connectivity index (χ4n) is 1.73. The molecular formula is C14H23N3O. The van der Waals surface area contributed by atoms with Crippen LogP contribution in [0.25, 0.3) is 0 Å². The van der Waals surface area contributed by atoms with E-state index in [1.54, 1.807) is 0 Å². The molecule has 0 radical (unpaired) electrons. The number of carbonyl (C=O) groups excluding carboxylic acids is 1. The third-order valence-electron chi connectivity index (χ3n) is 2.89. The van der Waals surface area contributed by atoms with Crippen LogP contribution in [0.15, 0.2) is 18.2 Å². The third-order valence-corrected chi connectivity index (χ3v) is 2.89. The molecule has 0 aliphatic rings. The Morgan fingerprint density at radius 3 is 2.33 bits per heavy atom. The number of carbonyl (C=O) groups is 1. The molecular weight excluding hydrogens is 226 g/mol. The van der Waals surface area contributed by atoms with Crippen molar-refractivity contribution in [3.05, 3.63) is 29.3 Å². The smallest absolute Gasteiger partial charge is 0.239 e. The van der Waals surface area contributed by atoms with Crippen LogP contribution in [0.3, 0.4) is 0 Å². The molecule has 0 saturated heterocycles. The first-order chi connectivity index (χ1) is 8.35.